The van der Waals surface area contributed by atoms with Gasteiger partial charge in [0.15, 0.2) is 0 Å². The van der Waals surface area contributed by atoms with Crippen molar-refractivity contribution in [2.75, 3.05) is 26.9 Å². The molecule has 2 N–H and O–H groups in total. The molecule has 0 spiro atoms. The van der Waals surface area contributed by atoms with E-state index in [0.29, 0.717) is 12.6 Å². The van der Waals surface area contributed by atoms with Crippen molar-refractivity contribution >= 4 is 0 Å². The summed E-state index contributed by atoms with van der Waals surface area (Å²) in [5.41, 5.74) is 0. The second-order valence-electron chi connectivity index (χ2n) is 3.21. The van der Waals surface area contributed by atoms with Crippen LogP contribution < -0.4 is 5.32 Å². The average molecular weight is 189 g/mol. The summed E-state index contributed by atoms with van der Waals surface area (Å²) in [6.07, 6.45) is 1.35. The molecule has 0 radical (unpaired) electrons. The molecule has 1 rings (SSSR count). The fourth-order valence-corrected chi connectivity index (χ4v) is 1.72. The van der Waals surface area contributed by atoms with Crippen molar-refractivity contribution in [1.82, 2.24) is 5.32 Å². The van der Waals surface area contributed by atoms with Crippen LogP contribution in [0.4, 0.5) is 0 Å². The van der Waals surface area contributed by atoms with E-state index < -0.39 is 0 Å². The minimum absolute atomic E-state index is 0.145. The van der Waals surface area contributed by atoms with Crippen molar-refractivity contribution in [3.63, 3.8) is 0 Å². The Bertz CT molecular complexity index is 143. The molecule has 1 aliphatic carbocycles. The van der Waals surface area contributed by atoms with Gasteiger partial charge >= 0.3 is 0 Å². The lowest BCUT2D eigenvalue weighted by Crippen LogP contribution is -2.60. The van der Waals surface area contributed by atoms with Gasteiger partial charge in [0, 0.05) is 26.3 Å². The molecule has 0 aromatic carbocycles. The molecule has 13 heavy (non-hydrogen) atoms. The maximum atomic E-state index is 8.63. The van der Waals surface area contributed by atoms with E-state index in [-0.39, 0.29) is 18.8 Å². The number of methoxy groups -OCH3 is 1. The zero-order valence-corrected chi connectivity index (χ0v) is 8.32. The van der Waals surface area contributed by atoms with Crippen molar-refractivity contribution in [2.45, 2.75) is 31.6 Å². The Labute approximate surface area is 79.2 Å². The molecule has 0 amide bonds. The van der Waals surface area contributed by atoms with Gasteiger partial charge in [-0.1, -0.05) is 0 Å². The summed E-state index contributed by atoms with van der Waals surface area (Å²) >= 11 is 0. The highest BCUT2D eigenvalue weighted by Gasteiger charge is 2.41. The number of ether oxygens (including phenoxy) is 2. The van der Waals surface area contributed by atoms with Crippen LogP contribution in [0.15, 0.2) is 0 Å². The van der Waals surface area contributed by atoms with E-state index in [1.54, 1.807) is 7.11 Å². The summed E-state index contributed by atoms with van der Waals surface area (Å²) < 4.78 is 10.8. The van der Waals surface area contributed by atoms with Gasteiger partial charge in [0.2, 0.25) is 0 Å². The number of nitrogens with one attached hydrogen (secondary N) is 1. The quantitative estimate of drug-likeness (QED) is 0.605. The Hall–Kier alpha value is -0.160. The molecule has 0 saturated heterocycles. The molecule has 4 nitrogen and oxygen atoms in total. The van der Waals surface area contributed by atoms with E-state index in [0.717, 1.165) is 13.0 Å². The van der Waals surface area contributed by atoms with Crippen LogP contribution in [-0.4, -0.2) is 50.2 Å². The topological polar surface area (TPSA) is 50.7 Å². The lowest BCUT2D eigenvalue weighted by atomic mass is 9.85. The summed E-state index contributed by atoms with van der Waals surface area (Å²) in [7, 11) is 1.70. The summed E-state index contributed by atoms with van der Waals surface area (Å²) in [5, 5.41) is 11.8. The third kappa shape index (κ3) is 2.64. The first-order valence-corrected chi connectivity index (χ1v) is 4.82. The van der Waals surface area contributed by atoms with E-state index in [9.17, 15) is 0 Å². The van der Waals surface area contributed by atoms with Gasteiger partial charge in [-0.15, -0.1) is 0 Å². The van der Waals surface area contributed by atoms with Crippen LogP contribution in [-0.2, 0) is 9.47 Å². The average Bonchev–Trinajstić information content (AvgIpc) is 2.10. The molecule has 1 saturated carbocycles. The third-order valence-electron chi connectivity index (χ3n) is 2.42. The van der Waals surface area contributed by atoms with Crippen LogP contribution in [0, 0.1) is 0 Å². The second-order valence-corrected chi connectivity index (χ2v) is 3.21. The van der Waals surface area contributed by atoms with E-state index >= 15 is 0 Å². The van der Waals surface area contributed by atoms with Crippen LogP contribution in [0.1, 0.15) is 13.3 Å². The van der Waals surface area contributed by atoms with Crippen LogP contribution in [0.2, 0.25) is 0 Å². The largest absolute Gasteiger partial charge is 0.395 e. The van der Waals surface area contributed by atoms with Gasteiger partial charge in [-0.05, 0) is 13.3 Å². The normalized spacial score (nSPS) is 33.0. The molecule has 0 aromatic rings. The van der Waals surface area contributed by atoms with Crippen molar-refractivity contribution in [3.05, 3.63) is 0 Å². The van der Waals surface area contributed by atoms with E-state index in [4.69, 9.17) is 14.6 Å². The Morgan fingerprint density at radius 1 is 1.54 bits per heavy atom. The SMILES string of the molecule is CCOC1CC(NCCO)C1OC. The number of aliphatic hydroxyl groups is 1. The van der Waals surface area contributed by atoms with Crippen molar-refractivity contribution in [1.29, 1.82) is 0 Å². The van der Waals surface area contributed by atoms with Crippen LogP contribution >= 0.6 is 0 Å². The smallest absolute Gasteiger partial charge is 0.0986 e. The molecular formula is C9H19NO3. The Morgan fingerprint density at radius 3 is 2.85 bits per heavy atom. The van der Waals surface area contributed by atoms with Crippen molar-refractivity contribution in [3.8, 4) is 0 Å². The van der Waals surface area contributed by atoms with E-state index in [1.165, 1.54) is 0 Å². The van der Waals surface area contributed by atoms with Crippen LogP contribution in [0.5, 0.6) is 0 Å². The zero-order chi connectivity index (χ0) is 9.68. The Kier molecular flexibility index (Phi) is 4.66. The highest BCUT2D eigenvalue weighted by molar-refractivity contribution is 4.96. The molecular weight excluding hydrogens is 170 g/mol. The minimum atomic E-state index is 0.145. The summed E-state index contributed by atoms with van der Waals surface area (Å²) in [6, 6.07) is 0.341. The third-order valence-corrected chi connectivity index (χ3v) is 2.42. The number of hydrogen-bond acceptors (Lipinski definition) is 4. The monoisotopic (exact) mass is 189 g/mol. The molecule has 0 heterocycles. The summed E-state index contributed by atoms with van der Waals surface area (Å²) in [5.74, 6) is 0. The molecule has 3 unspecified atom stereocenters. The fraction of sp³-hybridized carbons (Fsp3) is 1.00. The molecule has 4 heteroatoms. The standard InChI is InChI=1S/C9H19NO3/c1-3-13-8-6-7(9(8)12-2)10-4-5-11/h7-11H,3-6H2,1-2H3. The first-order chi connectivity index (χ1) is 6.33. The predicted octanol–water partition coefficient (Wildman–Crippen LogP) is -0.239. The first-order valence-electron chi connectivity index (χ1n) is 4.82. The Balaban J connectivity index is 2.21. The molecule has 0 aromatic heterocycles. The molecule has 0 bridgehead atoms. The summed E-state index contributed by atoms with van der Waals surface area (Å²) in [4.78, 5) is 0. The molecule has 3 atom stereocenters. The molecule has 1 fully saturated rings. The van der Waals surface area contributed by atoms with Gasteiger partial charge in [0.25, 0.3) is 0 Å². The van der Waals surface area contributed by atoms with E-state index in [2.05, 4.69) is 5.32 Å². The lowest BCUT2D eigenvalue weighted by molar-refractivity contribution is -0.131. The molecule has 1 aliphatic rings. The second kappa shape index (κ2) is 5.54. The van der Waals surface area contributed by atoms with Gasteiger partial charge in [-0.3, -0.25) is 0 Å². The van der Waals surface area contributed by atoms with Crippen LogP contribution in [0.25, 0.3) is 0 Å². The van der Waals surface area contributed by atoms with Gasteiger partial charge in [0.1, 0.15) is 0 Å². The predicted molar refractivity (Wildman–Crippen MR) is 49.7 cm³/mol. The minimum Gasteiger partial charge on any atom is -0.395 e. The maximum Gasteiger partial charge on any atom is 0.0986 e. The van der Waals surface area contributed by atoms with Crippen molar-refractivity contribution in [2.24, 2.45) is 0 Å². The van der Waals surface area contributed by atoms with Gasteiger partial charge < -0.3 is 19.9 Å². The van der Waals surface area contributed by atoms with E-state index in [1.807, 2.05) is 6.92 Å². The first kappa shape index (κ1) is 10.9. The maximum absolute atomic E-state index is 8.63. The number of rotatable bonds is 6. The summed E-state index contributed by atoms with van der Waals surface area (Å²) in [6.45, 7) is 3.52. The highest BCUT2D eigenvalue weighted by atomic mass is 16.5. The number of hydrogen-bond donors (Lipinski definition) is 2. The van der Waals surface area contributed by atoms with Crippen molar-refractivity contribution < 1.29 is 14.6 Å². The lowest BCUT2D eigenvalue weighted by Gasteiger charge is -2.43. The highest BCUT2D eigenvalue weighted by Crippen LogP contribution is 2.26. The Morgan fingerprint density at radius 2 is 2.31 bits per heavy atom. The van der Waals surface area contributed by atoms with Gasteiger partial charge in [-0.2, -0.15) is 0 Å². The van der Waals surface area contributed by atoms with Crippen LogP contribution in [0.3, 0.4) is 0 Å². The molecule has 0 aliphatic heterocycles. The molecule has 78 valence electrons. The van der Waals surface area contributed by atoms with Gasteiger partial charge in [-0.25, -0.2) is 0 Å². The fourth-order valence-electron chi connectivity index (χ4n) is 1.72. The zero-order valence-electron chi connectivity index (χ0n) is 8.32. The number of aliphatic hydroxyl groups excluding tert-OH is 1. The van der Waals surface area contributed by atoms with Gasteiger partial charge in [0.05, 0.1) is 18.8 Å².